The number of aromatic amines is 1. The molecular formula is C23H30N6O3. The Bertz CT molecular complexity index is 1200. The Balaban J connectivity index is 1.68. The maximum absolute atomic E-state index is 13.4. The Hall–Kier alpha value is -2.94. The second-order valence-corrected chi connectivity index (χ2v) is 9.61. The van der Waals surface area contributed by atoms with Crippen molar-refractivity contribution in [1.29, 1.82) is 0 Å². The number of likely N-dealkylation sites (tertiary alicyclic amines) is 1. The van der Waals surface area contributed by atoms with Crippen molar-refractivity contribution in [3.8, 4) is 11.5 Å². The molecule has 9 nitrogen and oxygen atoms in total. The van der Waals surface area contributed by atoms with E-state index in [0.717, 1.165) is 36.8 Å². The molecule has 4 heterocycles. The fourth-order valence-electron chi connectivity index (χ4n) is 4.72. The SMILES string of the molecule is CCC(C)(C)n1nnnc1[C@H](c1cc2cc3c(cc2[nH]c1=O)OCO3)N1CCC[C@H](C)C1. The molecule has 0 bridgehead atoms. The van der Waals surface area contributed by atoms with Gasteiger partial charge < -0.3 is 14.5 Å². The molecule has 1 saturated heterocycles. The van der Waals surface area contributed by atoms with Gasteiger partial charge in [0.1, 0.15) is 6.04 Å². The second kappa shape index (κ2) is 7.88. The zero-order chi connectivity index (χ0) is 22.5. The summed E-state index contributed by atoms with van der Waals surface area (Å²) in [5.74, 6) is 2.59. The smallest absolute Gasteiger partial charge is 0.253 e. The number of rotatable bonds is 5. The van der Waals surface area contributed by atoms with E-state index in [1.165, 1.54) is 6.42 Å². The minimum Gasteiger partial charge on any atom is -0.454 e. The molecule has 2 aliphatic rings. The van der Waals surface area contributed by atoms with Gasteiger partial charge in [-0.05, 0) is 68.1 Å². The maximum atomic E-state index is 13.4. The summed E-state index contributed by atoms with van der Waals surface area (Å²) in [4.78, 5) is 18.8. The van der Waals surface area contributed by atoms with Crippen LogP contribution in [0.1, 0.15) is 64.4 Å². The third kappa shape index (κ3) is 3.54. The number of ether oxygens (including phenoxy) is 2. The molecule has 2 aliphatic heterocycles. The summed E-state index contributed by atoms with van der Waals surface area (Å²) in [5, 5.41) is 13.7. The van der Waals surface area contributed by atoms with Crippen molar-refractivity contribution >= 4 is 10.9 Å². The van der Waals surface area contributed by atoms with Crippen LogP contribution in [0.25, 0.3) is 10.9 Å². The number of pyridine rings is 1. The zero-order valence-corrected chi connectivity index (χ0v) is 19.1. The molecule has 9 heteroatoms. The van der Waals surface area contributed by atoms with E-state index in [1.54, 1.807) is 0 Å². The van der Waals surface area contributed by atoms with Crippen LogP contribution in [0, 0.1) is 5.92 Å². The third-order valence-corrected chi connectivity index (χ3v) is 6.89. The molecule has 0 saturated carbocycles. The fraction of sp³-hybridized carbons (Fsp3) is 0.565. The highest BCUT2D eigenvalue weighted by Gasteiger charge is 2.35. The molecule has 2 aromatic heterocycles. The standard InChI is InChI=1S/C23H30N6O3/c1-5-23(3,4)29-21(25-26-27-29)20(28-8-6-7-14(2)12-28)16-9-15-10-18-19(32-13-31-18)11-17(15)24-22(16)30/h9-11,14,20H,5-8,12-13H2,1-4H3,(H,24,30)/t14-,20-/m0/s1. The number of hydrogen-bond acceptors (Lipinski definition) is 7. The van der Waals surface area contributed by atoms with Gasteiger partial charge in [-0.2, -0.15) is 0 Å². The van der Waals surface area contributed by atoms with E-state index < -0.39 is 0 Å². The van der Waals surface area contributed by atoms with E-state index >= 15 is 0 Å². The highest BCUT2D eigenvalue weighted by Crippen LogP contribution is 2.37. The summed E-state index contributed by atoms with van der Waals surface area (Å²) >= 11 is 0. The van der Waals surface area contributed by atoms with Gasteiger partial charge in [0.25, 0.3) is 5.56 Å². The highest BCUT2D eigenvalue weighted by atomic mass is 16.7. The van der Waals surface area contributed by atoms with Crippen LogP contribution in [-0.2, 0) is 5.54 Å². The summed E-state index contributed by atoms with van der Waals surface area (Å²) in [6.07, 6.45) is 3.14. The molecule has 5 rings (SSSR count). The minimum atomic E-state index is -0.336. The topological polar surface area (TPSA) is 98.2 Å². The molecule has 170 valence electrons. The number of aromatic nitrogens is 5. The number of piperidine rings is 1. The largest absolute Gasteiger partial charge is 0.454 e. The number of nitrogens with one attached hydrogen (secondary N) is 1. The Kier molecular flexibility index (Phi) is 5.16. The molecule has 32 heavy (non-hydrogen) atoms. The molecule has 0 amide bonds. The lowest BCUT2D eigenvalue weighted by Crippen LogP contribution is -2.42. The molecule has 0 spiro atoms. The summed E-state index contributed by atoms with van der Waals surface area (Å²) in [6, 6.07) is 5.37. The van der Waals surface area contributed by atoms with Crippen LogP contribution < -0.4 is 15.0 Å². The number of H-pyrrole nitrogens is 1. The van der Waals surface area contributed by atoms with E-state index in [0.29, 0.717) is 28.8 Å². The molecule has 0 aliphatic carbocycles. The number of hydrogen-bond donors (Lipinski definition) is 1. The van der Waals surface area contributed by atoms with Crippen molar-refractivity contribution in [3.05, 3.63) is 39.9 Å². The molecule has 1 N–H and O–H groups in total. The van der Waals surface area contributed by atoms with Gasteiger partial charge in [0.15, 0.2) is 17.3 Å². The van der Waals surface area contributed by atoms with Crippen LogP contribution in [0.15, 0.2) is 23.0 Å². The number of benzene rings is 1. The Morgan fingerprint density at radius 3 is 2.78 bits per heavy atom. The van der Waals surface area contributed by atoms with Gasteiger partial charge in [0.2, 0.25) is 6.79 Å². The quantitative estimate of drug-likeness (QED) is 0.653. The first-order valence-electron chi connectivity index (χ1n) is 11.4. The molecule has 0 unspecified atom stereocenters. The Morgan fingerprint density at radius 1 is 1.25 bits per heavy atom. The summed E-state index contributed by atoms with van der Waals surface area (Å²) in [5.41, 5.74) is 0.966. The van der Waals surface area contributed by atoms with E-state index in [-0.39, 0.29) is 23.9 Å². The normalized spacial score (nSPS) is 20.1. The minimum absolute atomic E-state index is 0.136. The van der Waals surface area contributed by atoms with Crippen LogP contribution in [0.3, 0.4) is 0 Å². The lowest BCUT2D eigenvalue weighted by Gasteiger charge is -2.37. The van der Waals surface area contributed by atoms with Crippen LogP contribution in [0.4, 0.5) is 0 Å². The van der Waals surface area contributed by atoms with Gasteiger partial charge in [0, 0.05) is 23.6 Å². The average molecular weight is 439 g/mol. The van der Waals surface area contributed by atoms with Gasteiger partial charge >= 0.3 is 0 Å². The van der Waals surface area contributed by atoms with Crippen LogP contribution >= 0.6 is 0 Å². The first-order valence-corrected chi connectivity index (χ1v) is 11.4. The van der Waals surface area contributed by atoms with Crippen LogP contribution in [-0.4, -0.2) is 50.0 Å². The lowest BCUT2D eigenvalue weighted by molar-refractivity contribution is 0.135. The molecule has 1 fully saturated rings. The molecular weight excluding hydrogens is 408 g/mol. The van der Waals surface area contributed by atoms with Crippen molar-refractivity contribution in [2.75, 3.05) is 19.9 Å². The van der Waals surface area contributed by atoms with Crippen molar-refractivity contribution < 1.29 is 9.47 Å². The van der Waals surface area contributed by atoms with E-state index in [9.17, 15) is 4.79 Å². The number of fused-ring (bicyclic) bond motifs is 2. The van der Waals surface area contributed by atoms with Crippen molar-refractivity contribution in [3.63, 3.8) is 0 Å². The van der Waals surface area contributed by atoms with Gasteiger partial charge in [0.05, 0.1) is 11.1 Å². The van der Waals surface area contributed by atoms with E-state index in [2.05, 4.69) is 53.1 Å². The Morgan fingerprint density at radius 2 is 2.03 bits per heavy atom. The zero-order valence-electron chi connectivity index (χ0n) is 19.1. The van der Waals surface area contributed by atoms with Crippen LogP contribution in [0.2, 0.25) is 0 Å². The summed E-state index contributed by atoms with van der Waals surface area (Å²) < 4.78 is 12.9. The van der Waals surface area contributed by atoms with Crippen LogP contribution in [0.5, 0.6) is 11.5 Å². The monoisotopic (exact) mass is 438 g/mol. The average Bonchev–Trinajstić information content (AvgIpc) is 3.43. The lowest BCUT2D eigenvalue weighted by atomic mass is 9.94. The second-order valence-electron chi connectivity index (χ2n) is 9.61. The Labute approximate surface area is 186 Å². The van der Waals surface area contributed by atoms with Crippen molar-refractivity contribution in [2.45, 2.75) is 58.5 Å². The first-order chi connectivity index (χ1) is 15.4. The predicted octanol–water partition coefficient (Wildman–Crippen LogP) is 3.21. The number of nitrogens with zero attached hydrogens (tertiary/aromatic N) is 5. The van der Waals surface area contributed by atoms with Crippen molar-refractivity contribution in [1.82, 2.24) is 30.1 Å². The molecule has 2 atom stereocenters. The summed E-state index contributed by atoms with van der Waals surface area (Å²) in [6.45, 7) is 10.6. The van der Waals surface area contributed by atoms with E-state index in [1.807, 2.05) is 22.9 Å². The molecule has 3 aromatic rings. The molecule has 0 radical (unpaired) electrons. The van der Waals surface area contributed by atoms with Gasteiger partial charge in [-0.3, -0.25) is 9.69 Å². The van der Waals surface area contributed by atoms with Crippen molar-refractivity contribution in [2.24, 2.45) is 5.92 Å². The third-order valence-electron chi connectivity index (χ3n) is 6.89. The van der Waals surface area contributed by atoms with E-state index in [4.69, 9.17) is 9.47 Å². The predicted molar refractivity (Wildman–Crippen MR) is 120 cm³/mol. The maximum Gasteiger partial charge on any atom is 0.253 e. The van der Waals surface area contributed by atoms with Gasteiger partial charge in [-0.25, -0.2) is 4.68 Å². The first kappa shape index (κ1) is 20.9. The van der Waals surface area contributed by atoms with Gasteiger partial charge in [-0.1, -0.05) is 13.8 Å². The summed E-state index contributed by atoms with van der Waals surface area (Å²) in [7, 11) is 0. The number of tetrazole rings is 1. The molecule has 1 aromatic carbocycles. The fourth-order valence-corrected chi connectivity index (χ4v) is 4.72. The van der Waals surface area contributed by atoms with Gasteiger partial charge in [-0.15, -0.1) is 5.10 Å². The highest BCUT2D eigenvalue weighted by molar-refractivity contribution is 5.83.